The third kappa shape index (κ3) is 4.79. The largest absolute Gasteiger partial charge is 0.497 e. The number of carbonyl (C=O) groups is 1. The average Bonchev–Trinajstić information content (AvgIpc) is 2.72. The summed E-state index contributed by atoms with van der Waals surface area (Å²) in [4.78, 5) is 11.9. The molecule has 0 heterocycles. The monoisotopic (exact) mass is 397 g/mol. The zero-order valence-electron chi connectivity index (χ0n) is 17.3. The van der Waals surface area contributed by atoms with Crippen molar-refractivity contribution in [2.24, 2.45) is 0 Å². The molecule has 0 amide bonds. The molecule has 2 aromatic carbocycles. The van der Waals surface area contributed by atoms with Crippen LogP contribution in [0, 0.1) is 18.3 Å². The Kier molecular flexibility index (Phi) is 7.10. The van der Waals surface area contributed by atoms with Crippen LogP contribution in [0.25, 0.3) is 11.3 Å². The van der Waals surface area contributed by atoms with E-state index in [0.29, 0.717) is 34.1 Å². The summed E-state index contributed by atoms with van der Waals surface area (Å²) in [6, 6.07) is 10.6. The fourth-order valence-corrected chi connectivity index (χ4v) is 2.84. The number of nitrogens with zero attached hydrogens (tertiary/aromatic N) is 1. The Morgan fingerprint density at radius 3 is 1.76 bits per heavy atom. The van der Waals surface area contributed by atoms with E-state index >= 15 is 0 Å². The van der Waals surface area contributed by atoms with Crippen molar-refractivity contribution in [1.29, 1.82) is 5.26 Å². The molecule has 7 nitrogen and oxygen atoms in total. The predicted molar refractivity (Wildman–Crippen MR) is 108 cm³/mol. The highest BCUT2D eigenvalue weighted by atomic mass is 16.5. The van der Waals surface area contributed by atoms with Crippen LogP contribution < -0.4 is 18.9 Å². The molecule has 0 spiro atoms. The zero-order valence-corrected chi connectivity index (χ0v) is 17.3. The number of carbonyl (C=O) groups excluding carboxylic acids is 1. The lowest BCUT2D eigenvalue weighted by molar-refractivity contribution is -0.134. The van der Waals surface area contributed by atoms with Crippen molar-refractivity contribution in [3.8, 4) is 29.1 Å². The number of hydrogen-bond acceptors (Lipinski definition) is 7. The molecule has 0 fully saturated rings. The fraction of sp³-hybridized carbons (Fsp3) is 0.273. The molecule has 0 aliphatic rings. The van der Waals surface area contributed by atoms with E-state index in [4.69, 9.17) is 23.7 Å². The van der Waals surface area contributed by atoms with Crippen LogP contribution >= 0.6 is 0 Å². The second kappa shape index (κ2) is 9.51. The van der Waals surface area contributed by atoms with Gasteiger partial charge in [0, 0.05) is 18.6 Å². The molecule has 0 bridgehead atoms. The second-order valence-electron chi connectivity index (χ2n) is 6.06. The number of benzene rings is 2. The number of methoxy groups -OCH3 is 4. The first-order valence-electron chi connectivity index (χ1n) is 8.67. The van der Waals surface area contributed by atoms with Crippen LogP contribution in [-0.4, -0.2) is 34.4 Å². The first-order chi connectivity index (χ1) is 13.9. The third-order valence-corrected chi connectivity index (χ3v) is 4.10. The SMILES string of the molecule is COc1cc(OC)cc(/C(C#N)=C(\OC(C)=O)c2c(OC)cc(C)cc2OC)c1. The van der Waals surface area contributed by atoms with Gasteiger partial charge in [0.15, 0.2) is 5.76 Å². The normalized spacial score (nSPS) is 11.1. The quantitative estimate of drug-likeness (QED) is 0.302. The van der Waals surface area contributed by atoms with Gasteiger partial charge in [-0.2, -0.15) is 5.26 Å². The Morgan fingerprint density at radius 1 is 0.862 bits per heavy atom. The lowest BCUT2D eigenvalue weighted by Gasteiger charge is -2.18. The molecule has 0 aliphatic heterocycles. The highest BCUT2D eigenvalue weighted by molar-refractivity contribution is 6.00. The number of aryl methyl sites for hydroxylation is 1. The molecular weight excluding hydrogens is 374 g/mol. The van der Waals surface area contributed by atoms with Crippen LogP contribution in [0.5, 0.6) is 23.0 Å². The molecule has 29 heavy (non-hydrogen) atoms. The maximum Gasteiger partial charge on any atom is 0.308 e. The Labute approximate surface area is 170 Å². The number of hydrogen-bond donors (Lipinski definition) is 0. The van der Waals surface area contributed by atoms with E-state index < -0.39 is 5.97 Å². The van der Waals surface area contributed by atoms with Crippen molar-refractivity contribution in [1.82, 2.24) is 0 Å². The van der Waals surface area contributed by atoms with Crippen LogP contribution in [-0.2, 0) is 9.53 Å². The van der Waals surface area contributed by atoms with Gasteiger partial charge in [-0.1, -0.05) is 0 Å². The average molecular weight is 397 g/mol. The van der Waals surface area contributed by atoms with Crippen molar-refractivity contribution in [3.63, 3.8) is 0 Å². The zero-order chi connectivity index (χ0) is 21.6. The van der Waals surface area contributed by atoms with E-state index in [2.05, 4.69) is 6.07 Å². The molecule has 0 radical (unpaired) electrons. The van der Waals surface area contributed by atoms with Gasteiger partial charge in [-0.05, 0) is 36.8 Å². The van der Waals surface area contributed by atoms with Gasteiger partial charge in [0.2, 0.25) is 0 Å². The van der Waals surface area contributed by atoms with Crippen LogP contribution in [0.4, 0.5) is 0 Å². The summed E-state index contributed by atoms with van der Waals surface area (Å²) in [6.45, 7) is 3.14. The minimum Gasteiger partial charge on any atom is -0.497 e. The molecule has 0 unspecified atom stereocenters. The first-order valence-corrected chi connectivity index (χ1v) is 8.67. The fourth-order valence-electron chi connectivity index (χ4n) is 2.84. The Morgan fingerprint density at radius 2 is 1.38 bits per heavy atom. The summed E-state index contributed by atoms with van der Waals surface area (Å²) in [6.07, 6.45) is 0. The smallest absolute Gasteiger partial charge is 0.308 e. The summed E-state index contributed by atoms with van der Waals surface area (Å²) < 4.78 is 27.1. The van der Waals surface area contributed by atoms with Crippen molar-refractivity contribution < 1.29 is 28.5 Å². The molecule has 7 heteroatoms. The van der Waals surface area contributed by atoms with Crippen molar-refractivity contribution in [3.05, 3.63) is 47.0 Å². The maximum absolute atomic E-state index is 11.9. The Bertz CT molecular complexity index is 940. The molecular formula is C22H23NO6. The van der Waals surface area contributed by atoms with E-state index in [-0.39, 0.29) is 11.3 Å². The van der Waals surface area contributed by atoms with Crippen LogP contribution in [0.1, 0.15) is 23.6 Å². The number of allylic oxidation sites excluding steroid dienone is 1. The minimum absolute atomic E-state index is 0.0176. The Balaban J connectivity index is 2.92. The molecule has 152 valence electrons. The lowest BCUT2D eigenvalue weighted by atomic mass is 9.99. The lowest BCUT2D eigenvalue weighted by Crippen LogP contribution is -2.06. The van der Waals surface area contributed by atoms with Gasteiger partial charge in [0.1, 0.15) is 40.2 Å². The summed E-state index contributed by atoms with van der Waals surface area (Å²) in [5, 5.41) is 9.97. The van der Waals surface area contributed by atoms with E-state index in [9.17, 15) is 10.1 Å². The maximum atomic E-state index is 11.9. The summed E-state index contributed by atoms with van der Waals surface area (Å²) in [5.74, 6) is 1.20. The van der Waals surface area contributed by atoms with Gasteiger partial charge in [-0.3, -0.25) is 4.79 Å². The third-order valence-electron chi connectivity index (χ3n) is 4.10. The number of esters is 1. The van der Waals surface area contributed by atoms with Gasteiger partial charge >= 0.3 is 5.97 Å². The standard InChI is InChI=1S/C22H23NO6/c1-13-7-19(27-5)21(20(8-13)28-6)22(29-14(2)24)18(12-23)15-9-16(25-3)11-17(10-15)26-4/h7-11H,1-6H3/b22-18-. The van der Waals surface area contributed by atoms with Crippen molar-refractivity contribution >= 4 is 17.3 Å². The topological polar surface area (TPSA) is 87.0 Å². The molecule has 0 saturated heterocycles. The van der Waals surface area contributed by atoms with E-state index in [0.717, 1.165) is 5.56 Å². The number of rotatable bonds is 7. The minimum atomic E-state index is -0.590. The van der Waals surface area contributed by atoms with Gasteiger partial charge < -0.3 is 23.7 Å². The first kappa shape index (κ1) is 21.6. The van der Waals surface area contributed by atoms with Crippen LogP contribution in [0.3, 0.4) is 0 Å². The number of ether oxygens (including phenoxy) is 5. The van der Waals surface area contributed by atoms with Gasteiger partial charge in [-0.25, -0.2) is 0 Å². The molecule has 0 N–H and O–H groups in total. The van der Waals surface area contributed by atoms with Crippen molar-refractivity contribution in [2.45, 2.75) is 13.8 Å². The predicted octanol–water partition coefficient (Wildman–Crippen LogP) is 3.98. The van der Waals surface area contributed by atoms with E-state index in [1.807, 2.05) is 6.92 Å². The second-order valence-corrected chi connectivity index (χ2v) is 6.06. The Hall–Kier alpha value is -3.66. The highest BCUT2D eigenvalue weighted by Gasteiger charge is 2.24. The molecule has 0 aromatic heterocycles. The van der Waals surface area contributed by atoms with Gasteiger partial charge in [0.25, 0.3) is 0 Å². The van der Waals surface area contributed by atoms with Crippen molar-refractivity contribution in [2.75, 3.05) is 28.4 Å². The summed E-state index contributed by atoms with van der Waals surface area (Å²) in [7, 11) is 5.99. The van der Waals surface area contributed by atoms with Crippen LogP contribution in [0.2, 0.25) is 0 Å². The van der Waals surface area contributed by atoms with Gasteiger partial charge in [0.05, 0.1) is 28.4 Å². The van der Waals surface area contributed by atoms with Crippen LogP contribution in [0.15, 0.2) is 30.3 Å². The van der Waals surface area contributed by atoms with Gasteiger partial charge in [-0.15, -0.1) is 0 Å². The molecule has 2 aromatic rings. The highest BCUT2D eigenvalue weighted by Crippen LogP contribution is 2.41. The summed E-state index contributed by atoms with van der Waals surface area (Å²) >= 11 is 0. The molecule has 0 saturated carbocycles. The molecule has 0 aliphatic carbocycles. The number of nitriles is 1. The van der Waals surface area contributed by atoms with E-state index in [1.54, 1.807) is 30.3 Å². The molecule has 0 atom stereocenters. The molecule has 2 rings (SSSR count). The summed E-state index contributed by atoms with van der Waals surface area (Å²) in [5.41, 5.74) is 1.78. The van der Waals surface area contributed by atoms with E-state index in [1.165, 1.54) is 35.4 Å².